The maximum atomic E-state index is 10.2. The Morgan fingerprint density at radius 3 is 2.70 bits per heavy atom. The number of aliphatic carboxylic acids is 1. The van der Waals surface area contributed by atoms with Crippen LogP contribution in [0.15, 0.2) is 0 Å². The van der Waals surface area contributed by atoms with Gasteiger partial charge in [0.2, 0.25) is 0 Å². The van der Waals surface area contributed by atoms with E-state index in [-0.39, 0.29) is 8.82 Å². The Kier molecular flexibility index (Phi) is 5.17. The number of rotatable bonds is 4. The van der Waals surface area contributed by atoms with E-state index in [1.807, 2.05) is 6.26 Å². The topological polar surface area (TPSA) is 63.3 Å². The molecular weight excluding hydrogens is 217 g/mol. The third kappa shape index (κ3) is 5.11. The van der Waals surface area contributed by atoms with Gasteiger partial charge in [0.1, 0.15) is 0 Å². The van der Waals surface area contributed by atoms with Crippen LogP contribution >= 0.6 is 8.82 Å². The van der Waals surface area contributed by atoms with E-state index in [0.29, 0.717) is 6.42 Å². The molecular formula is C5H11NO2SSe. The average Bonchev–Trinajstić information content (AvgIpc) is 1.82. The second-order valence-corrected chi connectivity index (χ2v) is 7.15. The molecule has 0 aromatic carbocycles. The van der Waals surface area contributed by atoms with Crippen molar-refractivity contribution in [3.05, 3.63) is 0 Å². The molecule has 0 amide bonds. The zero-order valence-electron chi connectivity index (χ0n) is 5.74. The molecule has 0 aliphatic carbocycles. The minimum atomic E-state index is -0.912. The molecule has 0 radical (unpaired) electrons. The summed E-state index contributed by atoms with van der Waals surface area (Å²) in [4.78, 5) is 10.2. The molecule has 0 saturated carbocycles. The monoisotopic (exact) mass is 229 g/mol. The molecule has 0 spiro atoms. The molecule has 0 fully saturated rings. The van der Waals surface area contributed by atoms with Crippen LogP contribution in [0.4, 0.5) is 0 Å². The van der Waals surface area contributed by atoms with Gasteiger partial charge < -0.3 is 0 Å². The first-order chi connectivity index (χ1) is 4.54. The van der Waals surface area contributed by atoms with Gasteiger partial charge in [0.15, 0.2) is 0 Å². The predicted octanol–water partition coefficient (Wildman–Crippen LogP) is -0.229. The third-order valence-electron chi connectivity index (χ3n) is 1.03. The zero-order chi connectivity index (χ0) is 8.15. The van der Waals surface area contributed by atoms with E-state index >= 15 is 0 Å². The maximum absolute atomic E-state index is 10.2. The standard InChI is InChI=1S/C5H11NO2SSe/c1-9(10)3-2-4(6)5(7)8/h4H,2-3,6H2,1H3,(H,7,8). The summed E-state index contributed by atoms with van der Waals surface area (Å²) in [6.45, 7) is 0. The van der Waals surface area contributed by atoms with E-state index in [0.717, 1.165) is 5.75 Å². The van der Waals surface area contributed by atoms with Crippen LogP contribution in [0.2, 0.25) is 0 Å². The van der Waals surface area contributed by atoms with E-state index in [1.54, 1.807) is 0 Å². The van der Waals surface area contributed by atoms with Gasteiger partial charge in [-0.25, -0.2) is 0 Å². The summed E-state index contributed by atoms with van der Waals surface area (Å²) in [5.74, 6) is -0.0570. The SMILES string of the molecule is CS(=[Se])CCC(N)C(=O)O. The number of carboxylic acid groups (broad SMARTS) is 1. The van der Waals surface area contributed by atoms with Crippen LogP contribution in [0.25, 0.3) is 0 Å². The molecule has 0 aromatic rings. The van der Waals surface area contributed by atoms with Gasteiger partial charge in [-0.1, -0.05) is 0 Å². The van der Waals surface area contributed by atoms with Crippen molar-refractivity contribution in [2.45, 2.75) is 12.5 Å². The Bertz CT molecular complexity index is 151. The van der Waals surface area contributed by atoms with Crippen LogP contribution in [-0.2, 0) is 4.79 Å². The molecule has 0 bridgehead atoms. The molecule has 5 heteroatoms. The molecule has 0 aliphatic heterocycles. The molecule has 60 valence electrons. The fraction of sp³-hybridized carbons (Fsp3) is 0.800. The molecule has 10 heavy (non-hydrogen) atoms. The number of carbonyl (C=O) groups is 1. The first-order valence-corrected chi connectivity index (χ1v) is 6.65. The van der Waals surface area contributed by atoms with Gasteiger partial charge in [-0.05, 0) is 0 Å². The van der Waals surface area contributed by atoms with Crippen molar-refractivity contribution < 1.29 is 9.90 Å². The summed E-state index contributed by atoms with van der Waals surface area (Å²) in [6, 6.07) is -0.691. The molecule has 2 atom stereocenters. The van der Waals surface area contributed by atoms with Gasteiger partial charge in [-0.2, -0.15) is 0 Å². The van der Waals surface area contributed by atoms with E-state index < -0.39 is 12.0 Å². The van der Waals surface area contributed by atoms with Gasteiger partial charge in [0.05, 0.1) is 0 Å². The summed E-state index contributed by atoms with van der Waals surface area (Å²) < 4.78 is 0. The molecule has 0 heterocycles. The van der Waals surface area contributed by atoms with Crippen molar-refractivity contribution in [1.82, 2.24) is 0 Å². The van der Waals surface area contributed by atoms with Gasteiger partial charge >= 0.3 is 69.3 Å². The Morgan fingerprint density at radius 1 is 1.90 bits per heavy atom. The van der Waals surface area contributed by atoms with Crippen LogP contribution in [0.1, 0.15) is 6.42 Å². The summed E-state index contributed by atoms with van der Waals surface area (Å²) in [5, 5.41) is 8.36. The normalized spacial score (nSPS) is 16.2. The molecule has 3 nitrogen and oxygen atoms in total. The molecule has 0 aliphatic rings. The average molecular weight is 228 g/mol. The quantitative estimate of drug-likeness (QED) is 0.653. The second-order valence-electron chi connectivity index (χ2n) is 2.01. The summed E-state index contributed by atoms with van der Waals surface area (Å²) in [7, 11) is 0.179. The predicted molar refractivity (Wildman–Crippen MR) is 44.4 cm³/mol. The van der Waals surface area contributed by atoms with Gasteiger partial charge in [-0.15, -0.1) is 0 Å². The van der Waals surface area contributed by atoms with Crippen LogP contribution in [0.3, 0.4) is 0 Å². The van der Waals surface area contributed by atoms with E-state index in [1.165, 1.54) is 0 Å². The van der Waals surface area contributed by atoms with E-state index in [4.69, 9.17) is 10.8 Å². The van der Waals surface area contributed by atoms with Crippen molar-refractivity contribution >= 4 is 29.2 Å². The van der Waals surface area contributed by atoms with Gasteiger partial charge in [0, 0.05) is 0 Å². The van der Waals surface area contributed by atoms with Crippen molar-refractivity contribution in [3.8, 4) is 0 Å². The molecule has 0 saturated heterocycles. The summed E-state index contributed by atoms with van der Waals surface area (Å²) in [6.07, 6.45) is 2.58. The third-order valence-corrected chi connectivity index (χ3v) is 2.89. The molecule has 0 aromatic heterocycles. The number of hydrogen-bond acceptors (Lipinski definition) is 2. The Balaban J connectivity index is 3.49. The molecule has 0 rings (SSSR count). The van der Waals surface area contributed by atoms with Crippen molar-refractivity contribution in [3.63, 3.8) is 0 Å². The number of carboxylic acids is 1. The number of hydrogen-bond donors (Lipinski definition) is 2. The van der Waals surface area contributed by atoms with Gasteiger partial charge in [-0.3, -0.25) is 0 Å². The number of nitrogens with two attached hydrogens (primary N) is 1. The zero-order valence-corrected chi connectivity index (χ0v) is 8.27. The fourth-order valence-corrected chi connectivity index (χ4v) is 1.61. The van der Waals surface area contributed by atoms with E-state index in [2.05, 4.69) is 14.4 Å². The van der Waals surface area contributed by atoms with Gasteiger partial charge in [0.25, 0.3) is 0 Å². The Labute approximate surface area is 69.6 Å². The van der Waals surface area contributed by atoms with Crippen LogP contribution in [0, 0.1) is 0 Å². The Hall–Kier alpha value is 0.299. The van der Waals surface area contributed by atoms with Crippen LogP contribution < -0.4 is 5.73 Å². The Morgan fingerprint density at radius 2 is 2.40 bits per heavy atom. The molecule has 3 N–H and O–H groups in total. The first-order valence-electron chi connectivity index (χ1n) is 2.82. The van der Waals surface area contributed by atoms with E-state index in [9.17, 15) is 4.79 Å². The van der Waals surface area contributed by atoms with Crippen molar-refractivity contribution in [2.24, 2.45) is 5.73 Å². The summed E-state index contributed by atoms with van der Waals surface area (Å²) >= 11 is 2.91. The first kappa shape index (κ1) is 10.3. The second kappa shape index (κ2) is 5.02. The van der Waals surface area contributed by atoms with Crippen molar-refractivity contribution in [1.29, 1.82) is 0 Å². The van der Waals surface area contributed by atoms with Crippen LogP contribution in [-0.4, -0.2) is 43.5 Å². The van der Waals surface area contributed by atoms with Crippen molar-refractivity contribution in [2.75, 3.05) is 12.0 Å². The molecule has 2 unspecified atom stereocenters. The summed E-state index contributed by atoms with van der Waals surface area (Å²) in [5.41, 5.74) is 5.26. The minimum absolute atomic E-state index is 0.179. The fourth-order valence-electron chi connectivity index (χ4n) is 0.416. The van der Waals surface area contributed by atoms with Crippen LogP contribution in [0.5, 0.6) is 0 Å².